The first kappa shape index (κ1) is 35.0. The van der Waals surface area contributed by atoms with Gasteiger partial charge in [0.05, 0.1) is 11.6 Å². The average Bonchev–Trinajstić information content (AvgIpc) is 2.79. The first-order valence-corrected chi connectivity index (χ1v) is 17.0. The minimum atomic E-state index is -1.51. The summed E-state index contributed by atoms with van der Waals surface area (Å²) in [5.41, 5.74) is 3.83. The Morgan fingerprint density at radius 1 is 0.864 bits per heavy atom. The van der Waals surface area contributed by atoms with Crippen LogP contribution in [0.3, 0.4) is 0 Å². The van der Waals surface area contributed by atoms with Crippen molar-refractivity contribution in [3.8, 4) is 0 Å². The number of rotatable bonds is 3. The van der Waals surface area contributed by atoms with Crippen LogP contribution in [0.1, 0.15) is 147 Å². The lowest BCUT2D eigenvalue weighted by Crippen LogP contribution is -2.75. The summed E-state index contributed by atoms with van der Waals surface area (Å²) < 4.78 is 0. The van der Waals surface area contributed by atoms with E-state index in [1.807, 2.05) is 0 Å². The molecule has 5 heterocycles. The van der Waals surface area contributed by atoms with Gasteiger partial charge in [-0.25, -0.2) is 0 Å². The van der Waals surface area contributed by atoms with Crippen LogP contribution >= 0.6 is 0 Å². The Labute approximate surface area is 268 Å². The smallest absolute Gasteiger partial charge is 0.231 e. The molecule has 3 unspecified atom stereocenters. The highest BCUT2D eigenvalue weighted by Crippen LogP contribution is 2.50. The van der Waals surface area contributed by atoms with Crippen LogP contribution in [-0.4, -0.2) is 77.5 Å². The third-order valence-corrected chi connectivity index (χ3v) is 10.4. The van der Waals surface area contributed by atoms with Gasteiger partial charge < -0.3 is 21.1 Å². The van der Waals surface area contributed by atoms with Crippen molar-refractivity contribution in [2.24, 2.45) is 16.1 Å². The Hall–Kier alpha value is -1.84. The van der Waals surface area contributed by atoms with E-state index in [0.29, 0.717) is 24.1 Å². The number of anilines is 2. The number of aliphatic imine (C=N–C) groups is 1. The molecule has 9 nitrogen and oxygen atoms in total. The first-order chi connectivity index (χ1) is 19.9. The molecule has 1 aromatic rings. The van der Waals surface area contributed by atoms with E-state index in [1.165, 1.54) is 0 Å². The van der Waals surface area contributed by atoms with Crippen molar-refractivity contribution in [3.05, 3.63) is 5.82 Å². The molecule has 250 valence electrons. The minimum Gasteiger partial charge on any atom is -0.378 e. The molecule has 0 aliphatic carbocycles. The van der Waals surface area contributed by atoms with Crippen molar-refractivity contribution in [2.75, 3.05) is 16.8 Å². The molecule has 4 N–H and O–H groups in total. The normalized spacial score (nSPS) is 30.6. The van der Waals surface area contributed by atoms with Crippen LogP contribution in [0.5, 0.6) is 0 Å². The first-order valence-electron chi connectivity index (χ1n) is 17.0. The zero-order valence-electron chi connectivity index (χ0n) is 30.3. The van der Waals surface area contributed by atoms with Gasteiger partial charge in [-0.15, -0.1) is 0 Å². The van der Waals surface area contributed by atoms with Crippen molar-refractivity contribution < 1.29 is 5.11 Å². The van der Waals surface area contributed by atoms with Crippen LogP contribution in [0.2, 0.25) is 0 Å². The van der Waals surface area contributed by atoms with Gasteiger partial charge in [0.2, 0.25) is 11.9 Å². The SMILES string of the molecule is CC(C)(C)CC(C)(C)Nc1nc2nc(n1)C1(O)C(N)CC(C)(C)N(CCCCCC=NC3CC(C)(C)N2C(C)(C)C3)C1(C)C. The Morgan fingerprint density at radius 3 is 2.07 bits per heavy atom. The number of hydrogen-bond acceptors (Lipinski definition) is 9. The maximum atomic E-state index is 13.0. The molecule has 4 aliphatic heterocycles. The standard InChI is InChI=1S/C35H64N8O/c1-29(2,3)23-30(4,5)41-27-38-26-35(44)25(36)22-31(6,7)42(34(35,12)13)19-17-15-14-16-18-37-24-20-32(8,9)43(28(39-26)40-27)33(10,11)21-24/h18,24-25,44H,14-17,19-23,36H2,1-13H3,(H,38,39,40,41). The zero-order valence-corrected chi connectivity index (χ0v) is 30.3. The number of fused-ring (bicyclic) bond motifs is 7. The van der Waals surface area contributed by atoms with E-state index in [2.05, 4.69) is 111 Å². The lowest BCUT2D eigenvalue weighted by atomic mass is 9.65. The molecule has 44 heavy (non-hydrogen) atoms. The van der Waals surface area contributed by atoms with E-state index >= 15 is 0 Å². The Morgan fingerprint density at radius 2 is 1.48 bits per heavy atom. The monoisotopic (exact) mass is 613 g/mol. The fourth-order valence-corrected chi connectivity index (χ4v) is 9.38. The summed E-state index contributed by atoms with van der Waals surface area (Å²) in [5.74, 6) is 1.42. The molecule has 2 fully saturated rings. The summed E-state index contributed by atoms with van der Waals surface area (Å²) in [6, 6.07) is -0.323. The molecule has 0 spiro atoms. The van der Waals surface area contributed by atoms with Crippen molar-refractivity contribution in [2.45, 2.75) is 187 Å². The lowest BCUT2D eigenvalue weighted by molar-refractivity contribution is -0.191. The molecule has 6 bridgehead atoms. The summed E-state index contributed by atoms with van der Waals surface area (Å²) in [6.07, 6.45) is 9.75. The average molecular weight is 613 g/mol. The molecule has 5 rings (SSSR count). The largest absolute Gasteiger partial charge is 0.378 e. The molecule has 1 aromatic heterocycles. The van der Waals surface area contributed by atoms with Crippen LogP contribution < -0.4 is 16.0 Å². The second-order valence-corrected chi connectivity index (χ2v) is 18.3. The van der Waals surface area contributed by atoms with Crippen LogP contribution in [-0.2, 0) is 5.60 Å². The summed E-state index contributed by atoms with van der Waals surface area (Å²) >= 11 is 0. The molecule has 2 saturated heterocycles. The molecular weight excluding hydrogens is 548 g/mol. The predicted octanol–water partition coefficient (Wildman–Crippen LogP) is 6.45. The highest BCUT2D eigenvalue weighted by atomic mass is 16.3. The molecule has 0 amide bonds. The zero-order chi connectivity index (χ0) is 33.1. The molecule has 0 saturated carbocycles. The molecule has 4 aliphatic rings. The van der Waals surface area contributed by atoms with Crippen molar-refractivity contribution in [3.63, 3.8) is 0 Å². The number of hydrogen-bond donors (Lipinski definition) is 3. The van der Waals surface area contributed by atoms with Gasteiger partial charge in [-0.2, -0.15) is 15.0 Å². The fraction of sp³-hybridized carbons (Fsp3) is 0.886. The van der Waals surface area contributed by atoms with E-state index in [-0.39, 0.29) is 33.6 Å². The number of aliphatic hydroxyl groups is 1. The van der Waals surface area contributed by atoms with E-state index in [4.69, 9.17) is 25.7 Å². The molecule has 3 atom stereocenters. The predicted molar refractivity (Wildman–Crippen MR) is 184 cm³/mol. The van der Waals surface area contributed by atoms with Gasteiger partial charge in [-0.1, -0.05) is 27.2 Å². The maximum Gasteiger partial charge on any atom is 0.231 e. The Balaban J connectivity index is 1.97. The lowest BCUT2D eigenvalue weighted by Gasteiger charge is -2.62. The summed E-state index contributed by atoms with van der Waals surface area (Å²) in [6.45, 7) is 29.8. The number of nitrogens with zero attached hydrogens (tertiary/aromatic N) is 6. The summed E-state index contributed by atoms with van der Waals surface area (Å²) in [7, 11) is 0. The molecule has 0 aromatic carbocycles. The van der Waals surface area contributed by atoms with E-state index in [1.54, 1.807) is 0 Å². The van der Waals surface area contributed by atoms with Crippen LogP contribution in [0, 0.1) is 5.41 Å². The molecule has 0 radical (unpaired) electrons. The topological polar surface area (TPSA) is 116 Å². The van der Waals surface area contributed by atoms with Gasteiger partial charge >= 0.3 is 0 Å². The number of aromatic nitrogens is 3. The van der Waals surface area contributed by atoms with Gasteiger partial charge in [-0.05, 0) is 132 Å². The third-order valence-electron chi connectivity index (χ3n) is 10.4. The van der Waals surface area contributed by atoms with Crippen molar-refractivity contribution >= 4 is 18.1 Å². The summed E-state index contributed by atoms with van der Waals surface area (Å²) in [4.78, 5) is 25.3. The van der Waals surface area contributed by atoms with Crippen molar-refractivity contribution in [1.29, 1.82) is 0 Å². The third kappa shape index (κ3) is 6.80. The van der Waals surface area contributed by atoms with Gasteiger partial charge in [0, 0.05) is 28.2 Å². The number of nitrogens with two attached hydrogens (primary N) is 1. The number of piperidine rings is 2. The molecular formula is C35H64N8O. The van der Waals surface area contributed by atoms with Gasteiger partial charge in [0.15, 0.2) is 11.4 Å². The van der Waals surface area contributed by atoms with E-state index < -0.39 is 17.2 Å². The Kier molecular flexibility index (Phi) is 9.11. The highest BCUT2D eigenvalue weighted by Gasteiger charge is 2.62. The maximum absolute atomic E-state index is 13.0. The Bertz CT molecular complexity index is 1200. The fourth-order valence-electron chi connectivity index (χ4n) is 9.38. The van der Waals surface area contributed by atoms with Crippen LogP contribution in [0.25, 0.3) is 0 Å². The second kappa shape index (κ2) is 11.4. The van der Waals surface area contributed by atoms with Crippen LogP contribution in [0.4, 0.5) is 11.9 Å². The summed E-state index contributed by atoms with van der Waals surface area (Å²) in [5, 5.41) is 16.7. The minimum absolute atomic E-state index is 0.100. The number of nitrogens with one attached hydrogen (secondary N) is 1. The van der Waals surface area contributed by atoms with Gasteiger partial charge in [0.25, 0.3) is 0 Å². The van der Waals surface area contributed by atoms with E-state index in [9.17, 15) is 5.11 Å². The molecule has 9 heteroatoms. The van der Waals surface area contributed by atoms with Gasteiger partial charge in [-0.3, -0.25) is 9.89 Å². The van der Waals surface area contributed by atoms with Crippen LogP contribution in [0.15, 0.2) is 4.99 Å². The second-order valence-electron chi connectivity index (χ2n) is 18.3. The quantitative estimate of drug-likeness (QED) is 0.357. The van der Waals surface area contributed by atoms with Crippen molar-refractivity contribution in [1.82, 2.24) is 19.9 Å². The van der Waals surface area contributed by atoms with Gasteiger partial charge in [0.1, 0.15) is 0 Å². The van der Waals surface area contributed by atoms with E-state index in [0.717, 1.165) is 51.5 Å². The highest BCUT2D eigenvalue weighted by molar-refractivity contribution is 5.57.